The minimum absolute atomic E-state index is 0.0291. The molecule has 0 radical (unpaired) electrons. The van der Waals surface area contributed by atoms with Crippen molar-refractivity contribution >= 4 is 28.9 Å². The van der Waals surface area contributed by atoms with Gasteiger partial charge in [0.2, 0.25) is 0 Å². The molecule has 0 spiro atoms. The zero-order valence-electron chi connectivity index (χ0n) is 11.4. The van der Waals surface area contributed by atoms with Crippen molar-refractivity contribution in [3.63, 3.8) is 0 Å². The fourth-order valence-corrected chi connectivity index (χ4v) is 3.19. The van der Waals surface area contributed by atoms with Crippen LogP contribution in [0.3, 0.4) is 0 Å². The van der Waals surface area contributed by atoms with E-state index < -0.39 is 5.97 Å². The van der Waals surface area contributed by atoms with Crippen molar-refractivity contribution in [2.45, 2.75) is 32.1 Å². The van der Waals surface area contributed by atoms with Gasteiger partial charge in [0.15, 0.2) is 0 Å². The van der Waals surface area contributed by atoms with Crippen LogP contribution >= 0.6 is 22.9 Å². The maximum Gasteiger partial charge on any atom is 0.309 e. The molecule has 106 valence electrons. The highest BCUT2D eigenvalue weighted by Gasteiger charge is 2.26. The summed E-state index contributed by atoms with van der Waals surface area (Å²) >= 11 is 7.70. The Morgan fingerprint density at radius 3 is 2.75 bits per heavy atom. The Hall–Kier alpha value is -1.39. The fourth-order valence-electron chi connectivity index (χ4n) is 2.05. The molecule has 1 N–H and O–H groups in total. The first-order valence-corrected chi connectivity index (χ1v) is 7.54. The Morgan fingerprint density at radius 1 is 1.40 bits per heavy atom. The van der Waals surface area contributed by atoms with Crippen LogP contribution in [0.4, 0.5) is 0 Å². The van der Waals surface area contributed by atoms with Crippen LogP contribution in [0.2, 0.25) is 5.02 Å². The summed E-state index contributed by atoms with van der Waals surface area (Å²) in [6.07, 6.45) is 0.741. The molecule has 0 atom stereocenters. The molecule has 0 fully saturated rings. The summed E-state index contributed by atoms with van der Waals surface area (Å²) in [5.41, 5.74) is 1.52. The van der Waals surface area contributed by atoms with Gasteiger partial charge < -0.3 is 5.11 Å². The summed E-state index contributed by atoms with van der Waals surface area (Å²) in [5, 5.41) is 12.3. The highest BCUT2D eigenvalue weighted by atomic mass is 35.5. The van der Waals surface area contributed by atoms with Crippen molar-refractivity contribution in [3.8, 4) is 0 Å². The average molecular weight is 310 g/mol. The molecule has 0 aliphatic carbocycles. The van der Waals surface area contributed by atoms with Gasteiger partial charge in [0.05, 0.1) is 17.1 Å². The predicted octanol–water partition coefficient (Wildman–Crippen LogP) is 3.94. The lowest BCUT2D eigenvalue weighted by atomic mass is 9.86. The maximum absolute atomic E-state index is 10.7. The molecule has 1 aromatic heterocycles. The van der Waals surface area contributed by atoms with E-state index in [1.54, 1.807) is 0 Å². The molecule has 0 unspecified atom stereocenters. The van der Waals surface area contributed by atoms with Gasteiger partial charge in [-0.05, 0) is 18.1 Å². The van der Waals surface area contributed by atoms with Gasteiger partial charge in [0.1, 0.15) is 0 Å². The molecule has 0 amide bonds. The van der Waals surface area contributed by atoms with Crippen molar-refractivity contribution in [2.75, 3.05) is 0 Å². The topological polar surface area (TPSA) is 50.2 Å². The molecule has 5 heteroatoms. The summed E-state index contributed by atoms with van der Waals surface area (Å²) in [7, 11) is 0. The molecule has 0 saturated carbocycles. The second-order valence-corrected chi connectivity index (χ2v) is 6.63. The normalized spacial score (nSPS) is 11.6. The van der Waals surface area contributed by atoms with Gasteiger partial charge in [0, 0.05) is 15.8 Å². The molecule has 3 nitrogen and oxygen atoms in total. The third-order valence-corrected chi connectivity index (χ3v) is 4.68. The van der Waals surface area contributed by atoms with Crippen LogP contribution in [0.25, 0.3) is 0 Å². The number of carbonyl (C=O) groups is 1. The Bertz CT molecular complexity index is 622. The van der Waals surface area contributed by atoms with Crippen molar-refractivity contribution in [1.82, 2.24) is 4.98 Å². The number of hydrogen-bond acceptors (Lipinski definition) is 3. The molecular weight excluding hydrogens is 294 g/mol. The van der Waals surface area contributed by atoms with Crippen molar-refractivity contribution in [1.29, 1.82) is 0 Å². The van der Waals surface area contributed by atoms with E-state index in [0.717, 1.165) is 22.0 Å². The van der Waals surface area contributed by atoms with E-state index in [1.165, 1.54) is 11.3 Å². The van der Waals surface area contributed by atoms with Gasteiger partial charge in [-0.1, -0.05) is 43.6 Å². The van der Waals surface area contributed by atoms with Crippen molar-refractivity contribution < 1.29 is 9.90 Å². The van der Waals surface area contributed by atoms with Crippen LogP contribution in [0.1, 0.15) is 30.1 Å². The van der Waals surface area contributed by atoms with Crippen molar-refractivity contribution in [2.24, 2.45) is 0 Å². The second kappa shape index (κ2) is 5.94. The first-order chi connectivity index (χ1) is 9.38. The number of aliphatic carboxylic acids is 1. The average Bonchev–Trinajstić information content (AvgIpc) is 2.80. The van der Waals surface area contributed by atoms with Crippen LogP contribution in [0, 0.1) is 0 Å². The Balaban J connectivity index is 2.19. The maximum atomic E-state index is 10.7. The number of hydrogen-bond donors (Lipinski definition) is 1. The molecule has 2 rings (SSSR count). The van der Waals surface area contributed by atoms with Gasteiger partial charge in [-0.2, -0.15) is 0 Å². The lowest BCUT2D eigenvalue weighted by Crippen LogP contribution is -2.20. The van der Waals surface area contributed by atoms with E-state index in [2.05, 4.69) is 18.8 Å². The quantitative estimate of drug-likeness (QED) is 0.910. The standard InChI is InChI=1S/C15H16ClNO2S/c1-15(2,8-10-5-3-4-6-12(10)16)14-17-11(9-20-14)7-13(18)19/h3-6,9H,7-8H2,1-2H3,(H,18,19). The van der Waals surface area contributed by atoms with Gasteiger partial charge in [-0.3, -0.25) is 4.79 Å². The smallest absolute Gasteiger partial charge is 0.309 e. The molecule has 0 bridgehead atoms. The highest BCUT2D eigenvalue weighted by Crippen LogP contribution is 2.32. The molecule has 1 heterocycles. The van der Waals surface area contributed by atoms with Gasteiger partial charge in [-0.25, -0.2) is 4.98 Å². The molecule has 20 heavy (non-hydrogen) atoms. The first-order valence-electron chi connectivity index (χ1n) is 6.28. The lowest BCUT2D eigenvalue weighted by molar-refractivity contribution is -0.136. The van der Waals surface area contributed by atoms with Crippen LogP contribution in [-0.2, 0) is 23.1 Å². The number of aromatic nitrogens is 1. The summed E-state index contributed by atoms with van der Waals surface area (Å²) in [6, 6.07) is 7.77. The highest BCUT2D eigenvalue weighted by molar-refractivity contribution is 7.09. The number of benzene rings is 1. The summed E-state index contributed by atoms with van der Waals surface area (Å²) < 4.78 is 0. The summed E-state index contributed by atoms with van der Waals surface area (Å²) in [4.78, 5) is 15.2. The predicted molar refractivity (Wildman–Crippen MR) is 81.6 cm³/mol. The Labute approximate surface area is 127 Å². The fraction of sp³-hybridized carbons (Fsp3) is 0.333. The number of carboxylic acids is 1. The first kappa shape index (κ1) is 15.0. The molecule has 0 aliphatic rings. The number of nitrogens with zero attached hydrogens (tertiary/aromatic N) is 1. The zero-order valence-corrected chi connectivity index (χ0v) is 13.0. The molecule has 2 aromatic rings. The van der Waals surface area contributed by atoms with Gasteiger partial charge in [0.25, 0.3) is 0 Å². The van der Waals surface area contributed by atoms with E-state index in [1.807, 2.05) is 29.6 Å². The molecule has 0 aliphatic heterocycles. The van der Waals surface area contributed by atoms with E-state index >= 15 is 0 Å². The van der Waals surface area contributed by atoms with Gasteiger partial charge in [-0.15, -0.1) is 11.3 Å². The van der Waals surface area contributed by atoms with Crippen LogP contribution < -0.4 is 0 Å². The van der Waals surface area contributed by atoms with Gasteiger partial charge >= 0.3 is 5.97 Å². The monoisotopic (exact) mass is 309 g/mol. The zero-order chi connectivity index (χ0) is 14.8. The third kappa shape index (κ3) is 3.58. The van der Waals surface area contributed by atoms with Crippen LogP contribution in [0.15, 0.2) is 29.6 Å². The van der Waals surface area contributed by atoms with E-state index in [4.69, 9.17) is 16.7 Å². The second-order valence-electron chi connectivity index (χ2n) is 5.37. The number of halogens is 1. The minimum atomic E-state index is -0.856. The van der Waals surface area contributed by atoms with Crippen molar-refractivity contribution in [3.05, 3.63) is 50.9 Å². The largest absolute Gasteiger partial charge is 0.481 e. The SMILES string of the molecule is CC(C)(Cc1ccccc1Cl)c1nc(CC(=O)O)cs1. The lowest BCUT2D eigenvalue weighted by Gasteiger charge is -2.22. The number of carboxylic acid groups (broad SMARTS) is 1. The third-order valence-electron chi connectivity index (χ3n) is 3.05. The van der Waals surface area contributed by atoms with Crippen LogP contribution in [0.5, 0.6) is 0 Å². The molecule has 0 saturated heterocycles. The summed E-state index contributed by atoms with van der Waals surface area (Å²) in [6.45, 7) is 4.19. The molecule has 1 aromatic carbocycles. The number of thiazole rings is 1. The minimum Gasteiger partial charge on any atom is -0.481 e. The molecular formula is C15H16ClNO2S. The van der Waals surface area contributed by atoms with E-state index in [9.17, 15) is 4.79 Å². The summed E-state index contributed by atoms with van der Waals surface area (Å²) in [5.74, 6) is -0.856. The van der Waals surface area contributed by atoms with E-state index in [0.29, 0.717) is 5.69 Å². The Kier molecular flexibility index (Phi) is 4.45. The van der Waals surface area contributed by atoms with Crippen LogP contribution in [-0.4, -0.2) is 16.1 Å². The van der Waals surface area contributed by atoms with E-state index in [-0.39, 0.29) is 11.8 Å². The number of rotatable bonds is 5. The Morgan fingerprint density at radius 2 is 2.10 bits per heavy atom.